The smallest absolute Gasteiger partial charge is 0.0645 e. The molecule has 1 saturated heterocycles. The molecule has 0 unspecified atom stereocenters. The molecule has 2 nitrogen and oxygen atoms in total. The highest BCUT2D eigenvalue weighted by atomic mass is 32.1. The van der Waals surface area contributed by atoms with Crippen molar-refractivity contribution in [3.05, 3.63) is 0 Å². The molecule has 3 heteroatoms. The molecule has 0 saturated carbocycles. The number of ether oxygens (including phenoxy) is 1. The molecular weight excluding hydrogens is 146 g/mol. The van der Waals surface area contributed by atoms with Crippen molar-refractivity contribution in [2.24, 2.45) is 0 Å². The van der Waals surface area contributed by atoms with Gasteiger partial charge in [-0.2, -0.15) is 12.6 Å². The molecule has 0 radical (unpaired) electrons. The Morgan fingerprint density at radius 3 is 2.10 bits per heavy atom. The minimum Gasteiger partial charge on any atom is -0.378 e. The average molecular weight is 161 g/mol. The first-order chi connectivity index (χ1) is 4.52. The van der Waals surface area contributed by atoms with Gasteiger partial charge in [0.15, 0.2) is 0 Å². The summed E-state index contributed by atoms with van der Waals surface area (Å²) in [5.74, 6) is 0. The van der Waals surface area contributed by atoms with Gasteiger partial charge in [-0.1, -0.05) is 0 Å². The van der Waals surface area contributed by atoms with Crippen LogP contribution in [0.3, 0.4) is 0 Å². The molecule has 0 spiro atoms. The second-order valence-electron chi connectivity index (χ2n) is 3.30. The summed E-state index contributed by atoms with van der Waals surface area (Å²) >= 11 is 4.45. The van der Waals surface area contributed by atoms with E-state index in [9.17, 15) is 0 Å². The monoisotopic (exact) mass is 161 g/mol. The van der Waals surface area contributed by atoms with Gasteiger partial charge in [-0.05, 0) is 20.9 Å². The topological polar surface area (TPSA) is 12.5 Å². The summed E-state index contributed by atoms with van der Waals surface area (Å²) < 4.78 is 5.08. The van der Waals surface area contributed by atoms with E-state index in [0.717, 1.165) is 13.2 Å². The van der Waals surface area contributed by atoms with E-state index >= 15 is 0 Å². The van der Waals surface area contributed by atoms with Crippen LogP contribution in [0.15, 0.2) is 0 Å². The van der Waals surface area contributed by atoms with Crippen molar-refractivity contribution in [3.63, 3.8) is 0 Å². The Hall–Kier alpha value is 0.270. The fourth-order valence-corrected chi connectivity index (χ4v) is 1.06. The molecule has 0 aromatic heterocycles. The fourth-order valence-electron chi connectivity index (χ4n) is 0.894. The molecule has 1 rings (SSSR count). The normalized spacial score (nSPS) is 21.3. The molecule has 1 aliphatic rings. The van der Waals surface area contributed by atoms with Gasteiger partial charge in [0.1, 0.15) is 0 Å². The SMILES string of the molecule is CN(C1COC1)C(C)(C)S. The Bertz CT molecular complexity index is 117. The molecule has 1 fully saturated rings. The summed E-state index contributed by atoms with van der Waals surface area (Å²) in [6.45, 7) is 5.91. The van der Waals surface area contributed by atoms with Crippen LogP contribution in [0.4, 0.5) is 0 Å². The molecule has 0 aliphatic carbocycles. The molecule has 60 valence electrons. The Morgan fingerprint density at radius 1 is 1.50 bits per heavy atom. The van der Waals surface area contributed by atoms with Crippen LogP contribution in [0.5, 0.6) is 0 Å². The van der Waals surface area contributed by atoms with E-state index in [1.165, 1.54) is 0 Å². The van der Waals surface area contributed by atoms with E-state index in [2.05, 4.69) is 38.4 Å². The predicted octanol–water partition coefficient (Wildman–Crippen LogP) is 0.983. The fraction of sp³-hybridized carbons (Fsp3) is 1.00. The number of hydrogen-bond acceptors (Lipinski definition) is 3. The highest BCUT2D eigenvalue weighted by Gasteiger charge is 2.30. The van der Waals surface area contributed by atoms with E-state index in [1.807, 2.05) is 0 Å². The Morgan fingerprint density at radius 2 is 2.00 bits per heavy atom. The van der Waals surface area contributed by atoms with Crippen LogP contribution in [-0.4, -0.2) is 36.1 Å². The van der Waals surface area contributed by atoms with Crippen molar-refractivity contribution in [1.82, 2.24) is 4.90 Å². The first kappa shape index (κ1) is 8.37. The summed E-state index contributed by atoms with van der Waals surface area (Å²) in [6.07, 6.45) is 0. The maximum Gasteiger partial charge on any atom is 0.0645 e. The van der Waals surface area contributed by atoms with Gasteiger partial charge in [0.25, 0.3) is 0 Å². The highest BCUT2D eigenvalue weighted by molar-refractivity contribution is 7.81. The Balaban J connectivity index is 2.39. The van der Waals surface area contributed by atoms with Crippen molar-refractivity contribution in [3.8, 4) is 0 Å². The van der Waals surface area contributed by atoms with Gasteiger partial charge in [-0.15, -0.1) is 0 Å². The van der Waals surface area contributed by atoms with Crippen molar-refractivity contribution < 1.29 is 4.74 Å². The van der Waals surface area contributed by atoms with Crippen molar-refractivity contribution >= 4 is 12.6 Å². The van der Waals surface area contributed by atoms with E-state index in [1.54, 1.807) is 0 Å². The third-order valence-corrected chi connectivity index (χ3v) is 2.35. The quantitative estimate of drug-likeness (QED) is 0.479. The summed E-state index contributed by atoms with van der Waals surface area (Å²) in [5.41, 5.74) is 0. The molecule has 0 amide bonds. The molecule has 1 aliphatic heterocycles. The molecule has 1 heterocycles. The lowest BCUT2D eigenvalue weighted by Crippen LogP contribution is -2.53. The zero-order chi connectivity index (χ0) is 7.78. The standard InChI is InChI=1S/C7H15NOS/c1-7(2,10)8(3)6-4-9-5-6/h6,10H,4-5H2,1-3H3. The molecular formula is C7H15NOS. The predicted molar refractivity (Wildman–Crippen MR) is 45.4 cm³/mol. The van der Waals surface area contributed by atoms with Crippen molar-refractivity contribution in [2.75, 3.05) is 20.3 Å². The number of rotatable bonds is 2. The Labute approximate surface area is 68.0 Å². The first-order valence-electron chi connectivity index (χ1n) is 3.55. The number of hydrogen-bond donors (Lipinski definition) is 1. The van der Waals surface area contributed by atoms with Crippen LogP contribution in [0.25, 0.3) is 0 Å². The third-order valence-electron chi connectivity index (χ3n) is 2.03. The minimum absolute atomic E-state index is 0.0194. The highest BCUT2D eigenvalue weighted by Crippen LogP contribution is 2.22. The van der Waals surface area contributed by atoms with Crippen LogP contribution in [-0.2, 0) is 4.74 Å². The first-order valence-corrected chi connectivity index (χ1v) is 3.99. The number of nitrogens with zero attached hydrogens (tertiary/aromatic N) is 1. The number of thiol groups is 1. The van der Waals surface area contributed by atoms with Gasteiger partial charge in [0.2, 0.25) is 0 Å². The average Bonchev–Trinajstić information content (AvgIpc) is 1.57. The van der Waals surface area contributed by atoms with E-state index in [4.69, 9.17) is 4.74 Å². The summed E-state index contributed by atoms with van der Waals surface area (Å²) in [5, 5.41) is 0. The Kier molecular flexibility index (Phi) is 2.28. The molecule has 0 aromatic rings. The minimum atomic E-state index is -0.0194. The second-order valence-corrected chi connectivity index (χ2v) is 4.39. The lowest BCUT2D eigenvalue weighted by atomic mass is 10.2. The second kappa shape index (κ2) is 2.72. The lowest BCUT2D eigenvalue weighted by molar-refractivity contribution is -0.0698. The van der Waals surface area contributed by atoms with Crippen molar-refractivity contribution in [1.29, 1.82) is 0 Å². The van der Waals surface area contributed by atoms with Crippen LogP contribution in [0.2, 0.25) is 0 Å². The van der Waals surface area contributed by atoms with Crippen molar-refractivity contribution in [2.45, 2.75) is 24.8 Å². The van der Waals surface area contributed by atoms with Crippen LogP contribution >= 0.6 is 12.6 Å². The largest absolute Gasteiger partial charge is 0.378 e. The summed E-state index contributed by atoms with van der Waals surface area (Å²) in [7, 11) is 2.08. The van der Waals surface area contributed by atoms with Gasteiger partial charge in [-0.3, -0.25) is 4.90 Å². The van der Waals surface area contributed by atoms with Gasteiger partial charge in [-0.25, -0.2) is 0 Å². The molecule has 0 bridgehead atoms. The number of likely N-dealkylation sites (N-methyl/N-ethyl adjacent to an activating group) is 1. The third kappa shape index (κ3) is 1.65. The van der Waals surface area contributed by atoms with Crippen LogP contribution in [0, 0.1) is 0 Å². The van der Waals surface area contributed by atoms with Gasteiger partial charge < -0.3 is 4.74 Å². The summed E-state index contributed by atoms with van der Waals surface area (Å²) in [6, 6.07) is 0.576. The van der Waals surface area contributed by atoms with Crippen LogP contribution < -0.4 is 0 Å². The maximum atomic E-state index is 5.08. The zero-order valence-electron chi connectivity index (χ0n) is 6.79. The van der Waals surface area contributed by atoms with Gasteiger partial charge in [0.05, 0.1) is 24.1 Å². The lowest BCUT2D eigenvalue weighted by Gasteiger charge is -2.42. The van der Waals surface area contributed by atoms with E-state index in [-0.39, 0.29) is 4.87 Å². The molecule has 10 heavy (non-hydrogen) atoms. The zero-order valence-corrected chi connectivity index (χ0v) is 7.69. The molecule has 0 aromatic carbocycles. The summed E-state index contributed by atoms with van der Waals surface area (Å²) in [4.78, 5) is 2.22. The van der Waals surface area contributed by atoms with Crippen LogP contribution in [0.1, 0.15) is 13.8 Å². The molecule has 0 atom stereocenters. The maximum absolute atomic E-state index is 5.08. The molecule has 0 N–H and O–H groups in total. The van der Waals surface area contributed by atoms with E-state index < -0.39 is 0 Å². The van der Waals surface area contributed by atoms with E-state index in [0.29, 0.717) is 6.04 Å². The van der Waals surface area contributed by atoms with Gasteiger partial charge in [0, 0.05) is 0 Å². The van der Waals surface area contributed by atoms with Gasteiger partial charge >= 0.3 is 0 Å².